The van der Waals surface area contributed by atoms with Crippen LogP contribution in [0.25, 0.3) is 0 Å². The van der Waals surface area contributed by atoms with E-state index in [1.807, 2.05) is 67.5 Å². The summed E-state index contributed by atoms with van der Waals surface area (Å²) in [5, 5.41) is 0. The zero-order chi connectivity index (χ0) is 27.8. The summed E-state index contributed by atoms with van der Waals surface area (Å²) in [6, 6.07) is 8.54. The summed E-state index contributed by atoms with van der Waals surface area (Å²) in [5.74, 6) is -3.37. The highest BCUT2D eigenvalue weighted by Crippen LogP contribution is 2.65. The molecular weight excluding hydrogens is 460 g/mol. The van der Waals surface area contributed by atoms with Crippen molar-refractivity contribution in [1.82, 2.24) is 0 Å². The molecule has 4 heteroatoms. The van der Waals surface area contributed by atoms with E-state index in [9.17, 15) is 19.2 Å². The molecule has 0 spiro atoms. The number of carbonyl (C=O) groups excluding carboxylic acids is 4. The van der Waals surface area contributed by atoms with Gasteiger partial charge in [-0.2, -0.15) is 0 Å². The third-order valence-electron chi connectivity index (χ3n) is 8.76. The zero-order valence-electron chi connectivity index (χ0n) is 23.7. The first-order valence-electron chi connectivity index (χ1n) is 13.3. The molecule has 2 bridgehead atoms. The Morgan fingerprint density at radius 1 is 0.811 bits per heavy atom. The Kier molecular flexibility index (Phi) is 8.12. The maximum Gasteiger partial charge on any atom is 0.180 e. The lowest BCUT2D eigenvalue weighted by molar-refractivity contribution is -0.183. The highest BCUT2D eigenvalue weighted by Gasteiger charge is 2.74. The monoisotopic (exact) mass is 502 g/mol. The molecule has 1 unspecified atom stereocenters. The van der Waals surface area contributed by atoms with Crippen molar-refractivity contribution in [2.45, 2.75) is 81.1 Å². The largest absolute Gasteiger partial charge is 0.297 e. The van der Waals surface area contributed by atoms with Gasteiger partial charge in [0.1, 0.15) is 5.92 Å². The van der Waals surface area contributed by atoms with Crippen LogP contribution in [-0.4, -0.2) is 23.1 Å². The second-order valence-corrected chi connectivity index (χ2v) is 12.3. The minimum absolute atomic E-state index is 0.0723. The van der Waals surface area contributed by atoms with Gasteiger partial charge in [0, 0.05) is 5.56 Å². The fourth-order valence-corrected chi connectivity index (χ4v) is 6.33. The average Bonchev–Trinajstić information content (AvgIpc) is 2.82. The second-order valence-electron chi connectivity index (χ2n) is 12.3. The maximum atomic E-state index is 14.7. The molecule has 4 atom stereocenters. The number of hydrogen-bond donors (Lipinski definition) is 0. The molecule has 0 radical (unpaired) electrons. The molecule has 3 rings (SSSR count). The molecule has 37 heavy (non-hydrogen) atoms. The quantitative estimate of drug-likeness (QED) is 0.213. The number of ketones is 4. The molecule has 0 heterocycles. The van der Waals surface area contributed by atoms with Crippen molar-refractivity contribution in [3.63, 3.8) is 0 Å². The van der Waals surface area contributed by atoms with Crippen molar-refractivity contribution in [3.8, 4) is 0 Å². The van der Waals surface area contributed by atoms with Crippen LogP contribution in [0.1, 0.15) is 91.4 Å². The van der Waals surface area contributed by atoms with Gasteiger partial charge in [-0.15, -0.1) is 0 Å². The molecule has 0 aromatic heterocycles. The zero-order valence-corrected chi connectivity index (χ0v) is 23.7. The van der Waals surface area contributed by atoms with Gasteiger partial charge in [0.25, 0.3) is 0 Å². The van der Waals surface area contributed by atoms with Crippen LogP contribution < -0.4 is 0 Å². The van der Waals surface area contributed by atoms with Crippen LogP contribution in [0.15, 0.2) is 65.3 Å². The standard InChI is InChI=1S/C33H42O4/c1-21(2)14-15-25-20-32(18-16-22(3)4)28(35)26(27(34)24-12-10-9-11-13-24)29(36)33(30(32)37,31(25,7)8)19-17-23(5)6/h9-14,16-17,25-26H,15,18-20H2,1-8H3/t25-,26?,32+,33-/m1/s1. The number of rotatable bonds is 8. The first kappa shape index (κ1) is 28.7. The fraction of sp³-hybridized carbons (Fsp3) is 0.515. The summed E-state index contributed by atoms with van der Waals surface area (Å²) in [6.07, 6.45) is 7.44. The van der Waals surface area contributed by atoms with E-state index in [1.54, 1.807) is 30.3 Å². The molecule has 2 fully saturated rings. The van der Waals surface area contributed by atoms with Crippen LogP contribution in [0, 0.1) is 28.1 Å². The molecule has 1 aromatic carbocycles. The van der Waals surface area contributed by atoms with Gasteiger partial charge in [-0.1, -0.05) is 79.1 Å². The van der Waals surface area contributed by atoms with Crippen molar-refractivity contribution in [3.05, 3.63) is 70.8 Å². The summed E-state index contributed by atoms with van der Waals surface area (Å²) in [6.45, 7) is 15.8. The van der Waals surface area contributed by atoms with Gasteiger partial charge < -0.3 is 0 Å². The fourth-order valence-electron chi connectivity index (χ4n) is 6.33. The molecule has 2 aliphatic carbocycles. The number of fused-ring (bicyclic) bond motifs is 2. The van der Waals surface area contributed by atoms with Gasteiger partial charge in [-0.05, 0) is 78.6 Å². The normalized spacial score (nSPS) is 28.4. The highest BCUT2D eigenvalue weighted by atomic mass is 16.2. The SMILES string of the molecule is CC(C)=CC[C@@H]1C[C@@]2(CC=C(C)C)C(=O)C(C(=O)c3ccccc3)C(=O)[C@](CC=C(C)C)(C2=O)C1(C)C. The van der Waals surface area contributed by atoms with Gasteiger partial charge in [0.2, 0.25) is 0 Å². The Hall–Kier alpha value is -2.88. The first-order valence-corrected chi connectivity index (χ1v) is 13.3. The van der Waals surface area contributed by atoms with Crippen LogP contribution in [-0.2, 0) is 14.4 Å². The molecule has 0 N–H and O–H groups in total. The van der Waals surface area contributed by atoms with E-state index >= 15 is 0 Å². The lowest BCUT2D eigenvalue weighted by atomic mass is 9.38. The Morgan fingerprint density at radius 2 is 1.35 bits per heavy atom. The van der Waals surface area contributed by atoms with Crippen molar-refractivity contribution in [2.24, 2.45) is 28.1 Å². The van der Waals surface area contributed by atoms with Crippen LogP contribution in [0.2, 0.25) is 0 Å². The molecular formula is C33H42O4. The summed E-state index contributed by atoms with van der Waals surface area (Å²) in [5.41, 5.74) is -0.122. The molecule has 2 aliphatic rings. The Bertz CT molecular complexity index is 1180. The topological polar surface area (TPSA) is 68.3 Å². The molecule has 4 nitrogen and oxygen atoms in total. The molecule has 198 valence electrons. The molecule has 0 aliphatic heterocycles. The van der Waals surface area contributed by atoms with E-state index in [4.69, 9.17) is 0 Å². The van der Waals surface area contributed by atoms with E-state index in [0.29, 0.717) is 18.4 Å². The average molecular weight is 503 g/mol. The van der Waals surface area contributed by atoms with Crippen molar-refractivity contribution in [1.29, 1.82) is 0 Å². The minimum atomic E-state index is -1.47. The number of Topliss-reactive ketones (excluding diaryl/α,β-unsaturated/α-hetero) is 4. The van der Waals surface area contributed by atoms with Crippen molar-refractivity contribution in [2.75, 3.05) is 0 Å². The Morgan fingerprint density at radius 3 is 1.89 bits per heavy atom. The Balaban J connectivity index is 2.35. The van der Waals surface area contributed by atoms with Crippen LogP contribution in [0.5, 0.6) is 0 Å². The van der Waals surface area contributed by atoms with Crippen LogP contribution in [0.4, 0.5) is 0 Å². The third kappa shape index (κ3) is 4.76. The summed E-state index contributed by atoms with van der Waals surface area (Å²) in [7, 11) is 0. The molecule has 1 aromatic rings. The van der Waals surface area contributed by atoms with E-state index in [1.165, 1.54) is 0 Å². The number of allylic oxidation sites excluding steroid dienone is 6. The molecule has 0 saturated heterocycles. The van der Waals surface area contributed by atoms with E-state index < -0.39 is 39.5 Å². The van der Waals surface area contributed by atoms with Crippen molar-refractivity contribution < 1.29 is 19.2 Å². The predicted octanol–water partition coefficient (Wildman–Crippen LogP) is 7.29. The molecule has 0 amide bonds. The maximum absolute atomic E-state index is 14.7. The van der Waals surface area contributed by atoms with Crippen LogP contribution >= 0.6 is 0 Å². The lowest BCUT2D eigenvalue weighted by Gasteiger charge is -2.61. The summed E-state index contributed by atoms with van der Waals surface area (Å²) < 4.78 is 0. The number of carbonyl (C=O) groups is 4. The lowest BCUT2D eigenvalue weighted by Crippen LogP contribution is -2.72. The van der Waals surface area contributed by atoms with E-state index in [0.717, 1.165) is 16.7 Å². The Labute approximate surface area is 222 Å². The number of hydrogen-bond acceptors (Lipinski definition) is 4. The van der Waals surface area contributed by atoms with E-state index in [2.05, 4.69) is 6.08 Å². The highest BCUT2D eigenvalue weighted by molar-refractivity contribution is 6.38. The van der Waals surface area contributed by atoms with Gasteiger partial charge in [0.05, 0.1) is 10.8 Å². The van der Waals surface area contributed by atoms with Gasteiger partial charge in [-0.25, -0.2) is 0 Å². The van der Waals surface area contributed by atoms with Crippen molar-refractivity contribution >= 4 is 23.1 Å². The predicted molar refractivity (Wildman–Crippen MR) is 148 cm³/mol. The van der Waals surface area contributed by atoms with E-state index in [-0.39, 0.29) is 24.5 Å². The van der Waals surface area contributed by atoms with Gasteiger partial charge in [0.15, 0.2) is 23.1 Å². The molecule has 2 saturated carbocycles. The smallest absolute Gasteiger partial charge is 0.180 e. The number of benzene rings is 1. The summed E-state index contributed by atoms with van der Waals surface area (Å²) >= 11 is 0. The first-order chi connectivity index (χ1) is 17.2. The van der Waals surface area contributed by atoms with Crippen LogP contribution in [0.3, 0.4) is 0 Å². The second kappa shape index (κ2) is 10.5. The third-order valence-corrected chi connectivity index (χ3v) is 8.76. The van der Waals surface area contributed by atoms with Gasteiger partial charge >= 0.3 is 0 Å². The van der Waals surface area contributed by atoms with Gasteiger partial charge in [-0.3, -0.25) is 19.2 Å². The minimum Gasteiger partial charge on any atom is -0.297 e. The summed E-state index contributed by atoms with van der Waals surface area (Å²) in [4.78, 5) is 57.4.